The van der Waals surface area contributed by atoms with Gasteiger partial charge in [0.2, 0.25) is 0 Å². The number of hydrogen-bond donors (Lipinski definition) is 1. The van der Waals surface area contributed by atoms with E-state index in [1.165, 1.54) is 23.1 Å². The minimum Gasteiger partial charge on any atom is -0.450 e. The van der Waals surface area contributed by atoms with E-state index in [4.69, 9.17) is 18.8 Å². The molecule has 0 radical (unpaired) electrons. The minimum absolute atomic E-state index is 0.111. The number of aryl methyl sites for hydroxylation is 1. The van der Waals surface area contributed by atoms with Crippen LogP contribution < -0.4 is 20.3 Å². The lowest BCUT2D eigenvalue weighted by atomic mass is 9.63. The van der Waals surface area contributed by atoms with Crippen molar-refractivity contribution in [3.8, 4) is 23.0 Å². The van der Waals surface area contributed by atoms with E-state index in [0.717, 1.165) is 23.3 Å². The molecule has 6 heteroatoms. The van der Waals surface area contributed by atoms with Gasteiger partial charge in [-0.3, -0.25) is 0 Å². The second kappa shape index (κ2) is 8.52. The lowest BCUT2D eigenvalue weighted by molar-refractivity contribution is 0.00578. The Bertz CT molecular complexity index is 1460. The highest BCUT2D eigenvalue weighted by atomic mass is 16.7. The zero-order valence-electron chi connectivity index (χ0n) is 24.7. The van der Waals surface area contributed by atoms with Gasteiger partial charge in [0.1, 0.15) is 0 Å². The molecule has 0 aromatic heterocycles. The first kappa shape index (κ1) is 26.3. The van der Waals surface area contributed by atoms with Crippen molar-refractivity contribution >= 4 is 24.0 Å². The van der Waals surface area contributed by atoms with Gasteiger partial charge in [0.05, 0.1) is 11.2 Å². The van der Waals surface area contributed by atoms with Crippen LogP contribution >= 0.6 is 0 Å². The van der Waals surface area contributed by atoms with E-state index in [0.29, 0.717) is 23.0 Å². The molecule has 6 rings (SSSR count). The van der Waals surface area contributed by atoms with Crippen LogP contribution in [-0.2, 0) is 20.1 Å². The Labute approximate surface area is 233 Å². The van der Waals surface area contributed by atoms with Crippen LogP contribution in [0.25, 0.3) is 0 Å². The Hall–Kier alpha value is -2.96. The summed E-state index contributed by atoms with van der Waals surface area (Å²) in [5.74, 6) is 2.71. The van der Waals surface area contributed by atoms with E-state index in [2.05, 4.69) is 79.8 Å². The van der Waals surface area contributed by atoms with Gasteiger partial charge in [-0.2, -0.15) is 0 Å². The van der Waals surface area contributed by atoms with E-state index < -0.39 is 18.3 Å². The van der Waals surface area contributed by atoms with E-state index >= 15 is 0 Å². The molecule has 3 aromatic rings. The first-order valence-corrected chi connectivity index (χ1v) is 14.1. The van der Waals surface area contributed by atoms with Crippen molar-refractivity contribution < 1.29 is 18.8 Å². The third kappa shape index (κ3) is 4.33. The Morgan fingerprint density at radius 1 is 0.641 bits per heavy atom. The summed E-state index contributed by atoms with van der Waals surface area (Å²) in [5, 5.41) is 3.77. The Kier molecular flexibility index (Phi) is 5.74. The maximum atomic E-state index is 6.51. The largest absolute Gasteiger partial charge is 0.497 e. The SMILES string of the molecule is Cc1cc2c(cc1Nc1cc3c(cc1B1OC(C)(C)C(C)(C)O1)Oc1ccccc1O3)C(C)(C)CCC2(C)C. The summed E-state index contributed by atoms with van der Waals surface area (Å²) in [6, 6.07) is 16.5. The molecular formula is C33H40BNO4. The summed E-state index contributed by atoms with van der Waals surface area (Å²) in [5.41, 5.74) is 6.25. The van der Waals surface area contributed by atoms with Crippen molar-refractivity contribution in [1.29, 1.82) is 0 Å². The highest BCUT2D eigenvalue weighted by Gasteiger charge is 2.52. The normalized spacial score (nSPS) is 21.2. The molecule has 0 atom stereocenters. The number of para-hydroxylation sites is 2. The van der Waals surface area contributed by atoms with Gasteiger partial charge in [0, 0.05) is 22.9 Å². The third-order valence-corrected chi connectivity index (χ3v) is 9.38. The number of fused-ring (bicyclic) bond motifs is 3. The molecule has 0 spiro atoms. The van der Waals surface area contributed by atoms with E-state index in [9.17, 15) is 0 Å². The third-order valence-electron chi connectivity index (χ3n) is 9.38. The fraction of sp³-hybridized carbons (Fsp3) is 0.455. The highest BCUT2D eigenvalue weighted by molar-refractivity contribution is 6.64. The Balaban J connectivity index is 1.46. The van der Waals surface area contributed by atoms with Crippen LogP contribution in [0.15, 0.2) is 48.5 Å². The van der Waals surface area contributed by atoms with Gasteiger partial charge < -0.3 is 24.1 Å². The maximum absolute atomic E-state index is 6.51. The van der Waals surface area contributed by atoms with E-state index in [-0.39, 0.29) is 10.8 Å². The smallest absolute Gasteiger partial charge is 0.450 e. The molecule has 1 N–H and O–H groups in total. The molecule has 1 fully saturated rings. The van der Waals surface area contributed by atoms with Crippen molar-refractivity contribution in [3.63, 3.8) is 0 Å². The van der Waals surface area contributed by atoms with Crippen molar-refractivity contribution in [3.05, 3.63) is 65.2 Å². The Morgan fingerprint density at radius 3 is 1.72 bits per heavy atom. The molecule has 2 aliphatic heterocycles. The number of anilines is 2. The summed E-state index contributed by atoms with van der Waals surface area (Å²) in [7, 11) is -0.558. The second-order valence-corrected chi connectivity index (χ2v) is 13.7. The molecule has 3 aliphatic rings. The quantitative estimate of drug-likeness (QED) is 0.273. The maximum Gasteiger partial charge on any atom is 0.497 e. The number of ether oxygens (including phenoxy) is 2. The first-order valence-electron chi connectivity index (χ1n) is 14.1. The summed E-state index contributed by atoms with van der Waals surface area (Å²) in [4.78, 5) is 0. The van der Waals surface area contributed by atoms with Gasteiger partial charge in [0.25, 0.3) is 0 Å². The number of hydrogen-bond acceptors (Lipinski definition) is 5. The number of rotatable bonds is 3. The zero-order chi connectivity index (χ0) is 28.0. The molecule has 0 saturated carbocycles. The molecule has 39 heavy (non-hydrogen) atoms. The fourth-order valence-electron chi connectivity index (χ4n) is 5.87. The molecule has 204 valence electrons. The summed E-state index contributed by atoms with van der Waals surface area (Å²) < 4.78 is 25.6. The lowest BCUT2D eigenvalue weighted by Gasteiger charge is -2.42. The van der Waals surface area contributed by atoms with Crippen molar-refractivity contribution in [1.82, 2.24) is 0 Å². The summed E-state index contributed by atoms with van der Waals surface area (Å²) in [6.07, 6.45) is 2.35. The topological polar surface area (TPSA) is 49.0 Å². The fourth-order valence-corrected chi connectivity index (χ4v) is 5.87. The van der Waals surface area contributed by atoms with Crippen LogP contribution in [0, 0.1) is 6.92 Å². The van der Waals surface area contributed by atoms with Crippen molar-refractivity contribution in [2.75, 3.05) is 5.32 Å². The van der Waals surface area contributed by atoms with Gasteiger partial charge in [-0.15, -0.1) is 0 Å². The molecule has 0 bridgehead atoms. The van der Waals surface area contributed by atoms with Gasteiger partial charge >= 0.3 is 7.12 Å². The Morgan fingerprint density at radius 2 is 1.15 bits per heavy atom. The summed E-state index contributed by atoms with van der Waals surface area (Å²) >= 11 is 0. The van der Waals surface area contributed by atoms with Gasteiger partial charge in [-0.1, -0.05) is 45.9 Å². The predicted molar refractivity (Wildman–Crippen MR) is 158 cm³/mol. The predicted octanol–water partition coefficient (Wildman–Crippen LogP) is 8.28. The molecular weight excluding hydrogens is 485 g/mol. The zero-order valence-corrected chi connectivity index (χ0v) is 24.7. The lowest BCUT2D eigenvalue weighted by Crippen LogP contribution is -2.41. The monoisotopic (exact) mass is 525 g/mol. The minimum atomic E-state index is -0.558. The molecule has 1 saturated heterocycles. The molecule has 0 amide bonds. The van der Waals surface area contributed by atoms with Crippen LogP contribution in [0.3, 0.4) is 0 Å². The van der Waals surface area contributed by atoms with Crippen LogP contribution in [0.5, 0.6) is 23.0 Å². The van der Waals surface area contributed by atoms with Crippen molar-refractivity contribution in [2.45, 2.75) is 97.2 Å². The first-order chi connectivity index (χ1) is 18.2. The van der Waals surface area contributed by atoms with Crippen LogP contribution in [0.1, 0.15) is 84.9 Å². The van der Waals surface area contributed by atoms with Crippen molar-refractivity contribution in [2.24, 2.45) is 0 Å². The van der Waals surface area contributed by atoms with Crippen LogP contribution in [0.4, 0.5) is 11.4 Å². The highest BCUT2D eigenvalue weighted by Crippen LogP contribution is 2.49. The van der Waals surface area contributed by atoms with Gasteiger partial charge in [0.15, 0.2) is 23.0 Å². The van der Waals surface area contributed by atoms with E-state index in [1.54, 1.807) is 0 Å². The molecule has 3 aromatic carbocycles. The van der Waals surface area contributed by atoms with Crippen LogP contribution in [-0.4, -0.2) is 18.3 Å². The molecule has 0 unspecified atom stereocenters. The standard InChI is InChI=1S/C33H40BNO4/c1-20-16-21-22(31(4,5)15-14-30(21,2)3)17-24(20)35-25-19-29-28(36-26-12-10-11-13-27(26)37-29)18-23(25)34-38-32(6,7)33(8,9)39-34/h10-13,16-19,35H,14-15H2,1-9H3. The van der Waals surface area contributed by atoms with Crippen LogP contribution in [0.2, 0.25) is 0 Å². The summed E-state index contributed by atoms with van der Waals surface area (Å²) in [6.45, 7) is 19.9. The average molecular weight is 525 g/mol. The second-order valence-electron chi connectivity index (χ2n) is 13.7. The van der Waals surface area contributed by atoms with E-state index in [1.807, 2.05) is 36.4 Å². The van der Waals surface area contributed by atoms with Gasteiger partial charge in [-0.25, -0.2) is 0 Å². The molecule has 1 aliphatic carbocycles. The number of nitrogens with one attached hydrogen (secondary N) is 1. The molecule has 2 heterocycles. The molecule has 5 nitrogen and oxygen atoms in total. The van der Waals surface area contributed by atoms with Gasteiger partial charge in [-0.05, 0) is 99.2 Å². The number of benzene rings is 3. The average Bonchev–Trinajstić information content (AvgIpc) is 3.07.